The normalized spacial score (nSPS) is 15.5. The lowest BCUT2D eigenvalue weighted by Crippen LogP contribution is -2.24. The maximum Gasteiger partial charge on any atom is 0.326 e. The SMILES string of the molecule is CCC(=O)NCOP(C)(=O)O. The van der Waals surface area contributed by atoms with Crippen molar-refractivity contribution in [1.82, 2.24) is 5.32 Å². The molecule has 0 aromatic rings. The predicted octanol–water partition coefficient (Wildman–Crippen LogP) is 0.302. The summed E-state index contributed by atoms with van der Waals surface area (Å²) in [6.45, 7) is 2.53. The Hall–Kier alpha value is -0.380. The van der Waals surface area contributed by atoms with E-state index in [9.17, 15) is 9.36 Å². The van der Waals surface area contributed by atoms with E-state index in [2.05, 4.69) is 9.84 Å². The van der Waals surface area contributed by atoms with E-state index < -0.39 is 7.60 Å². The third kappa shape index (κ3) is 7.52. The van der Waals surface area contributed by atoms with E-state index >= 15 is 0 Å². The predicted molar refractivity (Wildman–Crippen MR) is 40.1 cm³/mol. The standard InChI is InChI=1S/C5H12NO4P/c1-3-5(7)6-4-10-11(2,8)9/h3-4H2,1-2H3,(H,6,7)(H,8,9). The summed E-state index contributed by atoms with van der Waals surface area (Å²) in [4.78, 5) is 19.1. The van der Waals surface area contributed by atoms with Crippen molar-refractivity contribution in [1.29, 1.82) is 0 Å². The Bertz CT molecular complexity index is 175. The first-order chi connectivity index (χ1) is 4.95. The van der Waals surface area contributed by atoms with Crippen LogP contribution in [0.4, 0.5) is 0 Å². The summed E-state index contributed by atoms with van der Waals surface area (Å²) in [5.74, 6) is -0.210. The maximum atomic E-state index is 10.5. The summed E-state index contributed by atoms with van der Waals surface area (Å²) in [5, 5.41) is 2.30. The van der Waals surface area contributed by atoms with E-state index in [1.54, 1.807) is 6.92 Å². The van der Waals surface area contributed by atoms with Crippen molar-refractivity contribution in [2.24, 2.45) is 0 Å². The van der Waals surface area contributed by atoms with Gasteiger partial charge in [0.25, 0.3) is 0 Å². The van der Waals surface area contributed by atoms with Gasteiger partial charge < -0.3 is 10.2 Å². The average molecular weight is 181 g/mol. The fraction of sp³-hybridized carbons (Fsp3) is 0.800. The minimum absolute atomic E-state index is 0.210. The lowest BCUT2D eigenvalue weighted by molar-refractivity contribution is -0.121. The Morgan fingerprint density at radius 2 is 2.27 bits per heavy atom. The smallest absolute Gasteiger partial charge is 0.326 e. The van der Waals surface area contributed by atoms with Crippen molar-refractivity contribution < 1.29 is 18.8 Å². The average Bonchev–Trinajstić information content (AvgIpc) is 1.85. The topological polar surface area (TPSA) is 75.6 Å². The van der Waals surface area contributed by atoms with Crippen LogP contribution in [-0.4, -0.2) is 24.2 Å². The highest BCUT2D eigenvalue weighted by Crippen LogP contribution is 2.35. The second kappa shape index (κ2) is 4.49. The monoisotopic (exact) mass is 181 g/mol. The van der Waals surface area contributed by atoms with Gasteiger partial charge in [0.2, 0.25) is 5.91 Å². The second-order valence-corrected chi connectivity index (χ2v) is 3.89. The first-order valence-electron chi connectivity index (χ1n) is 3.17. The van der Waals surface area contributed by atoms with Gasteiger partial charge in [-0.2, -0.15) is 0 Å². The summed E-state index contributed by atoms with van der Waals surface area (Å²) in [5.41, 5.74) is 0. The molecule has 1 atom stereocenters. The third-order valence-electron chi connectivity index (χ3n) is 0.895. The molecule has 0 aromatic heterocycles. The fourth-order valence-corrected chi connectivity index (χ4v) is 0.662. The zero-order valence-corrected chi connectivity index (χ0v) is 7.43. The molecule has 0 aliphatic heterocycles. The number of amides is 1. The van der Waals surface area contributed by atoms with E-state index in [1.807, 2.05) is 0 Å². The molecule has 0 aromatic carbocycles. The highest BCUT2D eigenvalue weighted by molar-refractivity contribution is 7.51. The van der Waals surface area contributed by atoms with E-state index in [4.69, 9.17) is 4.89 Å². The summed E-state index contributed by atoms with van der Waals surface area (Å²) >= 11 is 0. The van der Waals surface area contributed by atoms with E-state index in [0.29, 0.717) is 6.42 Å². The first-order valence-corrected chi connectivity index (χ1v) is 5.19. The van der Waals surface area contributed by atoms with Crippen molar-refractivity contribution in [3.63, 3.8) is 0 Å². The molecular formula is C5H12NO4P. The number of nitrogens with one attached hydrogen (secondary N) is 1. The maximum absolute atomic E-state index is 10.5. The van der Waals surface area contributed by atoms with Crippen LogP contribution in [0.25, 0.3) is 0 Å². The van der Waals surface area contributed by atoms with Gasteiger partial charge in [-0.25, -0.2) is 0 Å². The number of carbonyl (C=O) groups excluding carboxylic acids is 1. The minimum Gasteiger partial charge on any atom is -0.333 e. The van der Waals surface area contributed by atoms with Gasteiger partial charge in [-0.3, -0.25) is 13.9 Å². The molecule has 0 saturated heterocycles. The van der Waals surface area contributed by atoms with Crippen molar-refractivity contribution in [2.75, 3.05) is 13.4 Å². The molecule has 6 heteroatoms. The highest BCUT2D eigenvalue weighted by Gasteiger charge is 2.09. The Balaban J connectivity index is 3.43. The van der Waals surface area contributed by atoms with Crippen molar-refractivity contribution in [3.8, 4) is 0 Å². The Kier molecular flexibility index (Phi) is 4.33. The second-order valence-electron chi connectivity index (χ2n) is 2.03. The molecule has 1 unspecified atom stereocenters. The van der Waals surface area contributed by atoms with Gasteiger partial charge in [0.05, 0.1) is 0 Å². The molecule has 0 aliphatic rings. The lowest BCUT2D eigenvalue weighted by atomic mass is 10.5. The molecule has 0 radical (unpaired) electrons. The zero-order chi connectivity index (χ0) is 8.91. The number of rotatable bonds is 4. The van der Waals surface area contributed by atoms with Crippen molar-refractivity contribution in [3.05, 3.63) is 0 Å². The molecule has 2 N–H and O–H groups in total. The summed E-state index contributed by atoms with van der Waals surface area (Å²) in [6.07, 6.45) is 0.336. The fourth-order valence-electron chi connectivity index (χ4n) is 0.358. The van der Waals surface area contributed by atoms with Crippen LogP contribution >= 0.6 is 7.60 Å². The van der Waals surface area contributed by atoms with Crippen LogP contribution < -0.4 is 5.32 Å². The molecular weight excluding hydrogens is 169 g/mol. The van der Waals surface area contributed by atoms with Gasteiger partial charge in [0, 0.05) is 13.1 Å². The van der Waals surface area contributed by atoms with Gasteiger partial charge >= 0.3 is 7.60 Å². The molecule has 11 heavy (non-hydrogen) atoms. The third-order valence-corrected chi connectivity index (χ3v) is 1.50. The molecule has 0 saturated carbocycles. The quantitative estimate of drug-likeness (QED) is 0.483. The van der Waals surface area contributed by atoms with Crippen LogP contribution in [0.5, 0.6) is 0 Å². The molecule has 66 valence electrons. The number of hydrogen-bond acceptors (Lipinski definition) is 3. The van der Waals surface area contributed by atoms with Crippen molar-refractivity contribution >= 4 is 13.5 Å². The van der Waals surface area contributed by atoms with Gasteiger partial charge in [0.15, 0.2) is 0 Å². The molecule has 0 fully saturated rings. The summed E-state index contributed by atoms with van der Waals surface area (Å²) < 4.78 is 14.8. The van der Waals surface area contributed by atoms with Gasteiger partial charge in [-0.05, 0) is 0 Å². The van der Waals surface area contributed by atoms with E-state index in [0.717, 1.165) is 6.66 Å². The Morgan fingerprint density at radius 1 is 1.73 bits per heavy atom. The Labute approximate surface area is 65.3 Å². The van der Waals surface area contributed by atoms with Crippen LogP contribution in [0, 0.1) is 0 Å². The molecule has 0 bridgehead atoms. The van der Waals surface area contributed by atoms with Crippen LogP contribution in [0.3, 0.4) is 0 Å². The Morgan fingerprint density at radius 3 is 2.64 bits per heavy atom. The van der Waals surface area contributed by atoms with Gasteiger partial charge in [0.1, 0.15) is 6.73 Å². The first kappa shape index (κ1) is 10.6. The molecule has 0 spiro atoms. The molecule has 1 amide bonds. The zero-order valence-electron chi connectivity index (χ0n) is 6.53. The van der Waals surface area contributed by atoms with Gasteiger partial charge in [-0.1, -0.05) is 6.92 Å². The van der Waals surface area contributed by atoms with E-state index in [-0.39, 0.29) is 12.6 Å². The lowest BCUT2D eigenvalue weighted by Gasteiger charge is -2.06. The van der Waals surface area contributed by atoms with Crippen LogP contribution in [-0.2, 0) is 13.9 Å². The molecule has 0 heterocycles. The summed E-state index contributed by atoms with van der Waals surface area (Å²) in [6, 6.07) is 0. The summed E-state index contributed by atoms with van der Waals surface area (Å²) in [7, 11) is -3.45. The van der Waals surface area contributed by atoms with Crippen molar-refractivity contribution in [2.45, 2.75) is 13.3 Å². The number of carbonyl (C=O) groups is 1. The van der Waals surface area contributed by atoms with Crippen LogP contribution in [0.15, 0.2) is 0 Å². The van der Waals surface area contributed by atoms with Crippen LogP contribution in [0.1, 0.15) is 13.3 Å². The van der Waals surface area contributed by atoms with Gasteiger partial charge in [-0.15, -0.1) is 0 Å². The minimum atomic E-state index is -3.45. The highest BCUT2D eigenvalue weighted by atomic mass is 31.2. The molecule has 0 rings (SSSR count). The molecule has 5 nitrogen and oxygen atoms in total. The van der Waals surface area contributed by atoms with Crippen LogP contribution in [0.2, 0.25) is 0 Å². The largest absolute Gasteiger partial charge is 0.333 e. The number of hydrogen-bond donors (Lipinski definition) is 2. The molecule has 0 aliphatic carbocycles. The van der Waals surface area contributed by atoms with E-state index in [1.165, 1.54) is 0 Å².